The predicted molar refractivity (Wildman–Crippen MR) is 62.2 cm³/mol. The Morgan fingerprint density at radius 1 is 1.57 bits per heavy atom. The van der Waals surface area contributed by atoms with Crippen LogP contribution in [0.2, 0.25) is 5.02 Å². The lowest BCUT2D eigenvalue weighted by Gasteiger charge is -2.06. The molecule has 1 unspecified atom stereocenters. The Morgan fingerprint density at radius 2 is 2.21 bits per heavy atom. The van der Waals surface area contributed by atoms with Crippen LogP contribution in [0, 0.1) is 5.82 Å². The molecule has 0 spiro atoms. The van der Waals surface area contributed by atoms with E-state index in [2.05, 4.69) is 31.9 Å². The third-order valence-electron chi connectivity index (χ3n) is 1.62. The lowest BCUT2D eigenvalue weighted by Crippen LogP contribution is -2.16. The standard InChI is InChI=1S/C9H6Br2ClFO/c10-4-7(11)9(14)6-2-1-5(12)3-8(6)13/h1-3,7H,4H2. The molecule has 0 aliphatic heterocycles. The summed E-state index contributed by atoms with van der Waals surface area (Å²) in [6.07, 6.45) is 0. The van der Waals surface area contributed by atoms with E-state index >= 15 is 0 Å². The molecule has 0 aromatic heterocycles. The quantitative estimate of drug-likeness (QED) is 0.602. The summed E-state index contributed by atoms with van der Waals surface area (Å²) in [6, 6.07) is 4.01. The van der Waals surface area contributed by atoms with Crippen LogP contribution >= 0.6 is 43.5 Å². The van der Waals surface area contributed by atoms with Crippen LogP contribution in [0.5, 0.6) is 0 Å². The van der Waals surface area contributed by atoms with Crippen molar-refractivity contribution in [3.63, 3.8) is 0 Å². The molecule has 0 saturated carbocycles. The third-order valence-corrected chi connectivity index (χ3v) is 4.11. The number of rotatable bonds is 3. The van der Waals surface area contributed by atoms with E-state index in [9.17, 15) is 9.18 Å². The number of ketones is 1. The van der Waals surface area contributed by atoms with Crippen LogP contribution in [-0.4, -0.2) is 15.9 Å². The van der Waals surface area contributed by atoms with Gasteiger partial charge in [0.2, 0.25) is 0 Å². The van der Waals surface area contributed by atoms with Gasteiger partial charge in [0, 0.05) is 10.4 Å². The molecule has 1 aromatic rings. The van der Waals surface area contributed by atoms with Crippen LogP contribution in [0.1, 0.15) is 10.4 Å². The molecule has 0 heterocycles. The zero-order valence-corrected chi connectivity index (χ0v) is 10.9. The van der Waals surface area contributed by atoms with Crippen molar-refractivity contribution in [1.29, 1.82) is 0 Å². The van der Waals surface area contributed by atoms with Gasteiger partial charge in [-0.3, -0.25) is 4.79 Å². The Kier molecular flexibility index (Phi) is 4.54. The number of carbonyl (C=O) groups excluding carboxylic acids is 1. The topological polar surface area (TPSA) is 17.1 Å². The second kappa shape index (κ2) is 5.24. The van der Waals surface area contributed by atoms with Gasteiger partial charge in [-0.25, -0.2) is 4.39 Å². The summed E-state index contributed by atoms with van der Waals surface area (Å²) in [4.78, 5) is 11.1. The van der Waals surface area contributed by atoms with Crippen molar-refractivity contribution in [2.45, 2.75) is 4.83 Å². The fraction of sp³-hybridized carbons (Fsp3) is 0.222. The van der Waals surface area contributed by atoms with E-state index < -0.39 is 10.6 Å². The first-order valence-corrected chi connectivity index (χ1v) is 6.17. The summed E-state index contributed by atoms with van der Waals surface area (Å²) >= 11 is 11.8. The van der Waals surface area contributed by atoms with Crippen molar-refractivity contribution in [3.8, 4) is 0 Å². The van der Waals surface area contributed by atoms with Crippen LogP contribution in [0.15, 0.2) is 18.2 Å². The number of carbonyl (C=O) groups is 1. The van der Waals surface area contributed by atoms with Crippen LogP contribution in [0.3, 0.4) is 0 Å². The Hall–Kier alpha value is 0.0700. The minimum atomic E-state index is -0.590. The van der Waals surface area contributed by atoms with Gasteiger partial charge in [-0.15, -0.1) is 0 Å². The van der Waals surface area contributed by atoms with Crippen LogP contribution in [0.25, 0.3) is 0 Å². The van der Waals surface area contributed by atoms with Gasteiger partial charge >= 0.3 is 0 Å². The van der Waals surface area contributed by atoms with Gasteiger partial charge in [-0.1, -0.05) is 43.5 Å². The Balaban J connectivity index is 3.02. The van der Waals surface area contributed by atoms with Crippen molar-refractivity contribution in [3.05, 3.63) is 34.6 Å². The maximum atomic E-state index is 13.3. The summed E-state index contributed by atoms with van der Waals surface area (Å²) < 4.78 is 13.3. The SMILES string of the molecule is O=C(c1ccc(Cl)cc1F)C(Br)CBr. The molecule has 1 nitrogen and oxygen atoms in total. The molecule has 76 valence electrons. The molecular formula is C9H6Br2ClFO. The molecule has 0 amide bonds. The van der Waals surface area contributed by atoms with Gasteiger partial charge in [-0.2, -0.15) is 0 Å². The highest BCUT2D eigenvalue weighted by molar-refractivity contribution is 9.12. The van der Waals surface area contributed by atoms with Crippen LogP contribution < -0.4 is 0 Å². The van der Waals surface area contributed by atoms with Crippen molar-refractivity contribution < 1.29 is 9.18 Å². The summed E-state index contributed by atoms with van der Waals surface area (Å²) in [5, 5.41) is 0.720. The molecule has 0 bridgehead atoms. The number of halogens is 4. The molecule has 0 saturated heterocycles. The molecule has 14 heavy (non-hydrogen) atoms. The average Bonchev–Trinajstić information content (AvgIpc) is 2.15. The maximum absolute atomic E-state index is 13.3. The van der Waals surface area contributed by atoms with Gasteiger partial charge in [0.1, 0.15) is 5.82 Å². The van der Waals surface area contributed by atoms with Crippen LogP contribution in [0.4, 0.5) is 4.39 Å². The highest BCUT2D eigenvalue weighted by atomic mass is 79.9. The first-order chi connectivity index (χ1) is 6.56. The molecule has 1 aromatic carbocycles. The monoisotopic (exact) mass is 342 g/mol. The Bertz CT molecular complexity index is 357. The zero-order valence-electron chi connectivity index (χ0n) is 6.94. The second-order valence-electron chi connectivity index (χ2n) is 2.61. The Labute approximate surface area is 103 Å². The highest BCUT2D eigenvalue weighted by Gasteiger charge is 2.19. The average molecular weight is 344 g/mol. The first-order valence-electron chi connectivity index (χ1n) is 3.75. The number of benzene rings is 1. The van der Waals surface area contributed by atoms with Crippen molar-refractivity contribution in [1.82, 2.24) is 0 Å². The first kappa shape index (κ1) is 12.1. The van der Waals surface area contributed by atoms with Gasteiger partial charge in [-0.05, 0) is 18.2 Å². The van der Waals surface area contributed by atoms with Gasteiger partial charge in [0.15, 0.2) is 5.78 Å². The van der Waals surface area contributed by atoms with E-state index in [0.717, 1.165) is 6.07 Å². The summed E-state index contributed by atoms with van der Waals surface area (Å²) in [5.74, 6) is -0.885. The molecule has 0 aliphatic carbocycles. The lowest BCUT2D eigenvalue weighted by atomic mass is 10.1. The molecule has 5 heteroatoms. The number of alkyl halides is 2. The normalized spacial score (nSPS) is 12.6. The number of hydrogen-bond donors (Lipinski definition) is 0. The van der Waals surface area contributed by atoms with Gasteiger partial charge < -0.3 is 0 Å². The lowest BCUT2D eigenvalue weighted by molar-refractivity contribution is 0.0993. The fourth-order valence-electron chi connectivity index (χ4n) is 0.928. The molecule has 1 rings (SSSR count). The van der Waals surface area contributed by atoms with E-state index in [1.807, 2.05) is 0 Å². The smallest absolute Gasteiger partial charge is 0.180 e. The number of Topliss-reactive ketones (excluding diaryl/α,β-unsaturated/α-hetero) is 1. The molecule has 0 radical (unpaired) electrons. The Morgan fingerprint density at radius 3 is 2.71 bits per heavy atom. The van der Waals surface area contributed by atoms with E-state index in [4.69, 9.17) is 11.6 Å². The van der Waals surface area contributed by atoms with Gasteiger partial charge in [0.05, 0.1) is 10.4 Å². The van der Waals surface area contributed by atoms with Crippen molar-refractivity contribution in [2.24, 2.45) is 0 Å². The summed E-state index contributed by atoms with van der Waals surface area (Å²) in [6.45, 7) is 0. The van der Waals surface area contributed by atoms with Gasteiger partial charge in [0.25, 0.3) is 0 Å². The van der Waals surface area contributed by atoms with Crippen LogP contribution in [-0.2, 0) is 0 Å². The summed E-state index contributed by atoms with van der Waals surface area (Å²) in [7, 11) is 0. The van der Waals surface area contributed by atoms with E-state index in [0.29, 0.717) is 5.33 Å². The molecule has 1 atom stereocenters. The molecule has 0 aliphatic rings. The molecule has 0 N–H and O–H groups in total. The summed E-state index contributed by atoms with van der Waals surface area (Å²) in [5.41, 5.74) is 0.0516. The molecule has 0 fully saturated rings. The minimum Gasteiger partial charge on any atom is -0.293 e. The fourth-order valence-corrected chi connectivity index (χ4v) is 1.63. The number of hydrogen-bond acceptors (Lipinski definition) is 1. The minimum absolute atomic E-state index is 0.0516. The van der Waals surface area contributed by atoms with E-state index in [1.165, 1.54) is 12.1 Å². The maximum Gasteiger partial charge on any atom is 0.180 e. The second-order valence-corrected chi connectivity index (χ2v) is 4.80. The van der Waals surface area contributed by atoms with E-state index in [1.54, 1.807) is 0 Å². The van der Waals surface area contributed by atoms with Crippen molar-refractivity contribution in [2.75, 3.05) is 5.33 Å². The predicted octanol–water partition coefficient (Wildman–Crippen LogP) is 3.82. The molecular weight excluding hydrogens is 338 g/mol. The highest BCUT2D eigenvalue weighted by Crippen LogP contribution is 2.19. The zero-order chi connectivity index (χ0) is 10.7. The largest absolute Gasteiger partial charge is 0.293 e. The van der Waals surface area contributed by atoms with Crippen molar-refractivity contribution >= 4 is 49.2 Å². The third kappa shape index (κ3) is 2.78. The van der Waals surface area contributed by atoms with E-state index in [-0.39, 0.29) is 16.4 Å².